The van der Waals surface area contributed by atoms with Crippen LogP contribution in [0.5, 0.6) is 0 Å². The standard InChI is InChI=1S/C13H15NO/c1-2-6-12-10(4-1)9-15-13(12)8-11-5-3-7-14-11/h1-2,4,6,9,11,14H,3,5,7-8H2/t11-/m0/s1. The highest BCUT2D eigenvalue weighted by molar-refractivity contribution is 5.83. The Hall–Kier alpha value is -1.28. The van der Waals surface area contributed by atoms with Crippen molar-refractivity contribution in [3.8, 4) is 0 Å². The highest BCUT2D eigenvalue weighted by Crippen LogP contribution is 2.23. The predicted molar refractivity (Wildman–Crippen MR) is 60.9 cm³/mol. The summed E-state index contributed by atoms with van der Waals surface area (Å²) < 4.78 is 5.64. The second kappa shape index (κ2) is 3.70. The largest absolute Gasteiger partial charge is 0.468 e. The Kier molecular flexibility index (Phi) is 2.22. The molecule has 1 saturated heterocycles. The van der Waals surface area contributed by atoms with Crippen molar-refractivity contribution in [2.75, 3.05) is 6.54 Å². The summed E-state index contributed by atoms with van der Waals surface area (Å²) in [6.45, 7) is 1.16. The molecule has 2 heteroatoms. The van der Waals surface area contributed by atoms with Gasteiger partial charge in [-0.3, -0.25) is 0 Å². The molecule has 0 unspecified atom stereocenters. The first-order valence-electron chi connectivity index (χ1n) is 5.62. The Labute approximate surface area is 89.3 Å². The van der Waals surface area contributed by atoms with Crippen molar-refractivity contribution < 1.29 is 4.42 Å². The third kappa shape index (κ3) is 1.65. The molecule has 0 saturated carbocycles. The number of hydrogen-bond donors (Lipinski definition) is 1. The van der Waals surface area contributed by atoms with E-state index in [2.05, 4.69) is 29.6 Å². The van der Waals surface area contributed by atoms with Crippen LogP contribution in [0.4, 0.5) is 0 Å². The number of benzene rings is 1. The molecule has 1 fully saturated rings. The van der Waals surface area contributed by atoms with Crippen LogP contribution in [-0.2, 0) is 6.42 Å². The van der Waals surface area contributed by atoms with Crippen LogP contribution in [0.25, 0.3) is 10.8 Å². The molecule has 15 heavy (non-hydrogen) atoms. The number of furan rings is 1. The average Bonchev–Trinajstić information content (AvgIpc) is 2.89. The van der Waals surface area contributed by atoms with Gasteiger partial charge in [0, 0.05) is 23.2 Å². The molecule has 0 amide bonds. The minimum absolute atomic E-state index is 0.611. The zero-order chi connectivity index (χ0) is 10.1. The zero-order valence-corrected chi connectivity index (χ0v) is 8.70. The van der Waals surface area contributed by atoms with Gasteiger partial charge in [0.25, 0.3) is 0 Å². The summed E-state index contributed by atoms with van der Waals surface area (Å²) in [4.78, 5) is 0. The van der Waals surface area contributed by atoms with Gasteiger partial charge >= 0.3 is 0 Å². The maximum Gasteiger partial charge on any atom is 0.113 e. The molecule has 0 aliphatic carbocycles. The number of hydrogen-bond acceptors (Lipinski definition) is 2. The van der Waals surface area contributed by atoms with Gasteiger partial charge in [-0.15, -0.1) is 0 Å². The molecule has 3 rings (SSSR count). The summed E-state index contributed by atoms with van der Waals surface area (Å²) in [5.74, 6) is 1.13. The minimum Gasteiger partial charge on any atom is -0.468 e. The lowest BCUT2D eigenvalue weighted by Gasteiger charge is -2.07. The molecule has 1 aliphatic heterocycles. The molecule has 1 N–H and O–H groups in total. The molecular formula is C13H15NO. The van der Waals surface area contributed by atoms with Crippen molar-refractivity contribution in [1.29, 1.82) is 0 Å². The van der Waals surface area contributed by atoms with Crippen molar-refractivity contribution >= 4 is 10.8 Å². The molecule has 2 nitrogen and oxygen atoms in total. The van der Waals surface area contributed by atoms with Crippen LogP contribution < -0.4 is 5.32 Å². The maximum absolute atomic E-state index is 5.64. The highest BCUT2D eigenvalue weighted by atomic mass is 16.3. The molecule has 1 aromatic carbocycles. The van der Waals surface area contributed by atoms with Crippen molar-refractivity contribution in [3.63, 3.8) is 0 Å². The van der Waals surface area contributed by atoms with Crippen LogP contribution in [-0.4, -0.2) is 12.6 Å². The third-order valence-electron chi connectivity index (χ3n) is 3.18. The molecule has 78 valence electrons. The first-order chi connectivity index (χ1) is 7.43. The van der Waals surface area contributed by atoms with Crippen molar-refractivity contribution in [2.45, 2.75) is 25.3 Å². The SMILES string of the molecule is c1ccc2c(C[C@@H]3CCCN3)occ2c1. The van der Waals surface area contributed by atoms with Gasteiger partial charge in [-0.1, -0.05) is 24.3 Å². The number of fused-ring (bicyclic) bond motifs is 1. The van der Waals surface area contributed by atoms with Gasteiger partial charge in [-0.25, -0.2) is 0 Å². The Bertz CT molecular complexity index is 454. The van der Waals surface area contributed by atoms with E-state index in [-0.39, 0.29) is 0 Å². The van der Waals surface area contributed by atoms with E-state index in [9.17, 15) is 0 Å². The topological polar surface area (TPSA) is 25.2 Å². The van der Waals surface area contributed by atoms with E-state index in [1.165, 1.54) is 23.6 Å². The lowest BCUT2D eigenvalue weighted by atomic mass is 10.1. The third-order valence-corrected chi connectivity index (χ3v) is 3.18. The van der Waals surface area contributed by atoms with E-state index in [1.54, 1.807) is 0 Å². The van der Waals surface area contributed by atoms with Gasteiger partial charge < -0.3 is 9.73 Å². The van der Waals surface area contributed by atoms with Gasteiger partial charge in [0.05, 0.1) is 6.26 Å². The molecule has 0 bridgehead atoms. The second-order valence-electron chi connectivity index (χ2n) is 4.24. The molecule has 1 atom stereocenters. The van der Waals surface area contributed by atoms with E-state index >= 15 is 0 Å². The van der Waals surface area contributed by atoms with E-state index in [0.29, 0.717) is 6.04 Å². The minimum atomic E-state index is 0.611. The van der Waals surface area contributed by atoms with Crippen LogP contribution in [0.15, 0.2) is 34.9 Å². The first-order valence-corrected chi connectivity index (χ1v) is 5.62. The summed E-state index contributed by atoms with van der Waals surface area (Å²) in [5, 5.41) is 5.98. The van der Waals surface area contributed by atoms with Crippen LogP contribution in [0.3, 0.4) is 0 Å². The molecular weight excluding hydrogens is 186 g/mol. The van der Waals surface area contributed by atoms with Crippen molar-refractivity contribution in [3.05, 3.63) is 36.3 Å². The normalized spacial score (nSPS) is 21.2. The summed E-state index contributed by atoms with van der Waals surface area (Å²) >= 11 is 0. The molecule has 2 aromatic rings. The summed E-state index contributed by atoms with van der Waals surface area (Å²) in [6, 6.07) is 8.98. The maximum atomic E-state index is 5.64. The van der Waals surface area contributed by atoms with Gasteiger partial charge in [0.2, 0.25) is 0 Å². The van der Waals surface area contributed by atoms with Gasteiger partial charge in [-0.2, -0.15) is 0 Å². The van der Waals surface area contributed by atoms with E-state index < -0.39 is 0 Å². The molecule has 0 radical (unpaired) electrons. The molecule has 0 spiro atoms. The van der Waals surface area contributed by atoms with Crippen LogP contribution >= 0.6 is 0 Å². The smallest absolute Gasteiger partial charge is 0.113 e. The van der Waals surface area contributed by atoms with Crippen LogP contribution in [0.2, 0.25) is 0 Å². The Morgan fingerprint density at radius 2 is 2.27 bits per heavy atom. The fraction of sp³-hybridized carbons (Fsp3) is 0.385. The summed E-state index contributed by atoms with van der Waals surface area (Å²) in [5.41, 5.74) is 0. The molecule has 1 aromatic heterocycles. The quantitative estimate of drug-likeness (QED) is 0.808. The summed E-state index contributed by atoms with van der Waals surface area (Å²) in [6.07, 6.45) is 5.45. The van der Waals surface area contributed by atoms with Crippen molar-refractivity contribution in [1.82, 2.24) is 5.32 Å². The predicted octanol–water partition coefficient (Wildman–Crippen LogP) is 2.73. The summed E-state index contributed by atoms with van der Waals surface area (Å²) in [7, 11) is 0. The lowest BCUT2D eigenvalue weighted by Crippen LogP contribution is -2.23. The van der Waals surface area contributed by atoms with Gasteiger partial charge in [0.15, 0.2) is 0 Å². The average molecular weight is 201 g/mol. The fourth-order valence-electron chi connectivity index (χ4n) is 2.36. The fourth-order valence-corrected chi connectivity index (χ4v) is 2.36. The Morgan fingerprint density at radius 3 is 3.13 bits per heavy atom. The zero-order valence-electron chi connectivity index (χ0n) is 8.70. The highest BCUT2D eigenvalue weighted by Gasteiger charge is 2.17. The van der Waals surface area contributed by atoms with E-state index in [0.717, 1.165) is 18.7 Å². The molecule has 2 heterocycles. The number of nitrogens with one attached hydrogen (secondary N) is 1. The van der Waals surface area contributed by atoms with Crippen molar-refractivity contribution in [2.24, 2.45) is 0 Å². The Morgan fingerprint density at radius 1 is 1.33 bits per heavy atom. The lowest BCUT2D eigenvalue weighted by molar-refractivity contribution is 0.474. The molecule has 1 aliphatic rings. The first kappa shape index (κ1) is 8.98. The van der Waals surface area contributed by atoms with E-state index in [1.807, 2.05) is 6.26 Å². The van der Waals surface area contributed by atoms with E-state index in [4.69, 9.17) is 4.42 Å². The van der Waals surface area contributed by atoms with Crippen LogP contribution in [0.1, 0.15) is 18.6 Å². The number of rotatable bonds is 2. The Balaban J connectivity index is 1.90. The monoisotopic (exact) mass is 201 g/mol. The van der Waals surface area contributed by atoms with Gasteiger partial charge in [0.1, 0.15) is 5.76 Å². The second-order valence-corrected chi connectivity index (χ2v) is 4.24. The van der Waals surface area contributed by atoms with Crippen LogP contribution in [0, 0.1) is 0 Å². The van der Waals surface area contributed by atoms with Gasteiger partial charge in [-0.05, 0) is 19.4 Å².